The molecule has 2 amide bonds. The highest BCUT2D eigenvalue weighted by Gasteiger charge is 2.35. The molecule has 31 heavy (non-hydrogen) atoms. The lowest BCUT2D eigenvalue weighted by Gasteiger charge is -2.14. The quantitative estimate of drug-likeness (QED) is 0.295. The first kappa shape index (κ1) is 21.3. The molecule has 0 unspecified atom stereocenters. The van der Waals surface area contributed by atoms with Gasteiger partial charge < -0.3 is 14.6 Å². The zero-order valence-corrected chi connectivity index (χ0v) is 16.4. The fourth-order valence-electron chi connectivity index (χ4n) is 2.81. The molecular weight excluding hydrogens is 410 g/mol. The van der Waals surface area contributed by atoms with E-state index in [4.69, 9.17) is 14.6 Å². The van der Waals surface area contributed by atoms with Crippen LogP contribution >= 0.6 is 0 Å². The summed E-state index contributed by atoms with van der Waals surface area (Å²) in [6, 6.07) is 10.8. The molecule has 11 heteroatoms. The van der Waals surface area contributed by atoms with E-state index >= 15 is 0 Å². The highest BCUT2D eigenvalue weighted by atomic mass is 16.6. The van der Waals surface area contributed by atoms with Gasteiger partial charge >= 0.3 is 11.7 Å². The highest BCUT2D eigenvalue weighted by Crippen LogP contribution is 2.39. The van der Waals surface area contributed by atoms with Crippen LogP contribution in [0.5, 0.6) is 11.5 Å². The van der Waals surface area contributed by atoms with Crippen molar-refractivity contribution < 1.29 is 33.9 Å². The fraction of sp³-hybridized carbons (Fsp3) is 0.150. The Morgan fingerprint density at radius 3 is 2.52 bits per heavy atom. The largest absolute Gasteiger partial charge is 0.493 e. The zero-order valence-electron chi connectivity index (χ0n) is 16.4. The number of ether oxygens (including phenoxy) is 2. The van der Waals surface area contributed by atoms with Crippen LogP contribution in [0.4, 0.5) is 11.4 Å². The third-order valence-corrected chi connectivity index (χ3v) is 4.33. The number of nitro groups is 1. The van der Waals surface area contributed by atoms with E-state index in [2.05, 4.69) is 5.43 Å². The molecule has 1 aliphatic heterocycles. The van der Waals surface area contributed by atoms with Gasteiger partial charge in [0.25, 0.3) is 11.8 Å². The number of anilines is 1. The number of carboxylic acids is 1. The van der Waals surface area contributed by atoms with Gasteiger partial charge in [-0.1, -0.05) is 18.2 Å². The van der Waals surface area contributed by atoms with E-state index in [1.165, 1.54) is 26.2 Å². The second-order valence-electron chi connectivity index (χ2n) is 6.40. The number of carbonyl (C=O) groups is 3. The highest BCUT2D eigenvalue weighted by molar-refractivity contribution is 6.31. The molecule has 3 rings (SSSR count). The molecule has 1 atom stereocenters. The van der Waals surface area contributed by atoms with Crippen LogP contribution in [0.1, 0.15) is 12.5 Å². The normalized spacial score (nSPS) is 15.5. The summed E-state index contributed by atoms with van der Waals surface area (Å²) in [4.78, 5) is 46.9. The number of hydrazine groups is 1. The molecule has 0 bridgehead atoms. The molecule has 1 saturated heterocycles. The molecule has 11 nitrogen and oxygen atoms in total. The van der Waals surface area contributed by atoms with Gasteiger partial charge in [-0.05, 0) is 36.8 Å². The van der Waals surface area contributed by atoms with Crippen LogP contribution in [-0.4, -0.2) is 41.0 Å². The van der Waals surface area contributed by atoms with E-state index in [1.807, 2.05) is 0 Å². The fourth-order valence-corrected chi connectivity index (χ4v) is 2.81. The Kier molecular flexibility index (Phi) is 5.86. The minimum Gasteiger partial charge on any atom is -0.493 e. The first-order valence-electron chi connectivity index (χ1n) is 8.91. The van der Waals surface area contributed by atoms with Gasteiger partial charge in [-0.3, -0.25) is 25.1 Å². The van der Waals surface area contributed by atoms with E-state index in [9.17, 15) is 24.5 Å². The van der Waals surface area contributed by atoms with Crippen molar-refractivity contribution in [3.63, 3.8) is 0 Å². The number of methoxy groups -OCH3 is 1. The summed E-state index contributed by atoms with van der Waals surface area (Å²) in [5, 5.41) is 21.6. The van der Waals surface area contributed by atoms with E-state index in [0.717, 1.165) is 11.1 Å². The minimum absolute atomic E-state index is 0.118. The first-order valence-corrected chi connectivity index (χ1v) is 8.91. The maximum atomic E-state index is 12.7. The minimum atomic E-state index is -1.38. The molecule has 2 aromatic carbocycles. The average molecular weight is 427 g/mol. The monoisotopic (exact) mass is 427 g/mol. The maximum absolute atomic E-state index is 12.7. The van der Waals surface area contributed by atoms with E-state index in [0.29, 0.717) is 5.69 Å². The van der Waals surface area contributed by atoms with Crippen LogP contribution in [0.2, 0.25) is 0 Å². The van der Waals surface area contributed by atoms with E-state index in [-0.39, 0.29) is 22.6 Å². The molecule has 0 aliphatic carbocycles. The number of nitrogens with one attached hydrogen (secondary N) is 1. The number of amides is 2. The Balaban J connectivity index is 2.03. The van der Waals surface area contributed by atoms with Crippen molar-refractivity contribution in [2.45, 2.75) is 13.0 Å². The third-order valence-electron chi connectivity index (χ3n) is 4.33. The Bertz CT molecular complexity index is 1100. The number of nitro benzene ring substituents is 1. The van der Waals surface area contributed by atoms with Crippen LogP contribution in [0.25, 0.3) is 6.08 Å². The molecule has 1 fully saturated rings. The van der Waals surface area contributed by atoms with Crippen LogP contribution in [0.3, 0.4) is 0 Å². The zero-order chi connectivity index (χ0) is 22.7. The number of aliphatic carboxylic acids is 1. The van der Waals surface area contributed by atoms with Gasteiger partial charge in [0.15, 0.2) is 11.9 Å². The predicted octanol–water partition coefficient (Wildman–Crippen LogP) is 1.92. The molecule has 0 radical (unpaired) electrons. The topological polar surface area (TPSA) is 148 Å². The van der Waals surface area contributed by atoms with Gasteiger partial charge in [0.1, 0.15) is 5.57 Å². The van der Waals surface area contributed by atoms with E-state index in [1.54, 1.807) is 30.3 Å². The van der Waals surface area contributed by atoms with Crippen molar-refractivity contribution in [3.05, 3.63) is 63.7 Å². The molecule has 1 aliphatic rings. The van der Waals surface area contributed by atoms with Crippen molar-refractivity contribution >= 4 is 35.2 Å². The number of para-hydroxylation sites is 1. The predicted molar refractivity (Wildman–Crippen MR) is 107 cm³/mol. The van der Waals surface area contributed by atoms with Crippen LogP contribution in [0.15, 0.2) is 48.0 Å². The average Bonchev–Trinajstić information content (AvgIpc) is 3.02. The Morgan fingerprint density at radius 2 is 1.94 bits per heavy atom. The van der Waals surface area contributed by atoms with Crippen molar-refractivity contribution in [3.8, 4) is 11.5 Å². The second-order valence-corrected chi connectivity index (χ2v) is 6.40. The number of hydrogen-bond donors (Lipinski definition) is 2. The van der Waals surface area contributed by atoms with Gasteiger partial charge in [0.05, 0.1) is 17.7 Å². The Labute approximate surface area is 175 Å². The summed E-state index contributed by atoms with van der Waals surface area (Å²) in [6.45, 7) is 1.21. The van der Waals surface area contributed by atoms with Crippen molar-refractivity contribution in [1.29, 1.82) is 0 Å². The number of hydrogen-bond acceptors (Lipinski definition) is 7. The molecule has 2 N–H and O–H groups in total. The maximum Gasteiger partial charge on any atom is 0.344 e. The SMILES string of the molecule is COc1cc(/C=C2/C(=O)NN(c3ccccc3)C2=O)cc([N+](=O)[O-])c1O[C@@H](C)C(=O)O. The standard InChI is InChI=1S/C20H17N3O8/c1-11(20(26)27)31-17-15(23(28)29)9-12(10-16(17)30-2)8-14-18(24)21-22(19(14)25)13-6-4-3-5-7-13/h3-11H,1-2H3,(H,21,24)(H,26,27)/b14-8-/t11-/m0/s1. The summed E-state index contributed by atoms with van der Waals surface area (Å²) in [5.74, 6) is -3.15. The summed E-state index contributed by atoms with van der Waals surface area (Å²) in [6.07, 6.45) is -0.195. The number of carbonyl (C=O) groups excluding carboxylic acids is 2. The number of carboxylic acid groups (broad SMARTS) is 1. The third kappa shape index (κ3) is 4.29. The number of nitrogens with zero attached hydrogens (tertiary/aromatic N) is 2. The summed E-state index contributed by atoms with van der Waals surface area (Å²) < 4.78 is 10.3. The van der Waals surface area contributed by atoms with Gasteiger partial charge in [-0.2, -0.15) is 0 Å². The first-order chi connectivity index (χ1) is 14.7. The lowest BCUT2D eigenvalue weighted by atomic mass is 10.1. The van der Waals surface area contributed by atoms with Crippen molar-refractivity contribution in [2.75, 3.05) is 12.1 Å². The lowest BCUT2D eigenvalue weighted by Crippen LogP contribution is -2.35. The van der Waals surface area contributed by atoms with Crippen LogP contribution < -0.4 is 19.9 Å². The Hall–Kier alpha value is -4.41. The van der Waals surface area contributed by atoms with Gasteiger partial charge in [0.2, 0.25) is 5.75 Å². The van der Waals surface area contributed by atoms with Crippen molar-refractivity contribution in [2.24, 2.45) is 0 Å². The Morgan fingerprint density at radius 1 is 1.26 bits per heavy atom. The van der Waals surface area contributed by atoms with Gasteiger partial charge in [-0.25, -0.2) is 9.80 Å². The summed E-state index contributed by atoms with van der Waals surface area (Å²) >= 11 is 0. The molecule has 0 spiro atoms. The van der Waals surface area contributed by atoms with Gasteiger partial charge in [-0.15, -0.1) is 0 Å². The summed E-state index contributed by atoms with van der Waals surface area (Å²) in [7, 11) is 1.22. The van der Waals surface area contributed by atoms with Crippen LogP contribution in [-0.2, 0) is 14.4 Å². The smallest absolute Gasteiger partial charge is 0.344 e. The molecule has 160 valence electrons. The molecule has 0 saturated carbocycles. The molecular formula is C20H17N3O8. The molecule has 1 heterocycles. The van der Waals surface area contributed by atoms with Crippen LogP contribution in [0, 0.1) is 10.1 Å². The van der Waals surface area contributed by atoms with Crippen molar-refractivity contribution in [1.82, 2.24) is 5.43 Å². The number of rotatable bonds is 7. The van der Waals surface area contributed by atoms with E-state index < -0.39 is 34.5 Å². The van der Waals surface area contributed by atoms with Gasteiger partial charge in [0, 0.05) is 6.07 Å². The molecule has 2 aromatic rings. The second kappa shape index (κ2) is 8.53. The lowest BCUT2D eigenvalue weighted by molar-refractivity contribution is -0.386. The summed E-state index contributed by atoms with van der Waals surface area (Å²) in [5.41, 5.74) is 2.17. The number of benzene rings is 2. The molecule has 0 aromatic heterocycles.